The summed E-state index contributed by atoms with van der Waals surface area (Å²) >= 11 is 0. The lowest BCUT2D eigenvalue weighted by atomic mass is 9.99. The standard InChI is InChI=1S/C75H139NO10/c1-3-5-7-9-11-13-14-15-16-37-40-43-47-51-55-59-63-71(80)84-64-60-56-52-48-44-41-38-35-33-31-29-27-25-23-21-19-17-18-20-22-24-26-28-30-32-34-36-39-42-46-50-54-58-62-70(79)76-67(68(78)61-57-53-49-45-12-10-8-6-4-2)66-85-75-74(83)73(82)72(81)69(65-77)86-75/h13-14,16,21,23,37,57,61,67-69,72-75,77-78,81-83H,3-12,15,17-20,22,24-36,38-56,58-60,62-66H2,1-2H3,(H,76,79)/b14-13-,23-21-,37-16-,61-57+. The summed E-state index contributed by atoms with van der Waals surface area (Å²) in [6, 6.07) is -0.806. The second-order valence-electron chi connectivity index (χ2n) is 25.6. The van der Waals surface area contributed by atoms with Gasteiger partial charge in [0.15, 0.2) is 6.29 Å². The van der Waals surface area contributed by atoms with E-state index < -0.39 is 49.5 Å². The Morgan fingerprint density at radius 1 is 0.430 bits per heavy atom. The molecular formula is C75H139NO10. The van der Waals surface area contributed by atoms with E-state index in [2.05, 4.69) is 55.6 Å². The van der Waals surface area contributed by atoms with E-state index >= 15 is 0 Å². The summed E-state index contributed by atoms with van der Waals surface area (Å²) in [5.74, 6) is -0.182. The summed E-state index contributed by atoms with van der Waals surface area (Å²) in [5.41, 5.74) is 0. The van der Waals surface area contributed by atoms with Gasteiger partial charge in [0.25, 0.3) is 0 Å². The summed E-state index contributed by atoms with van der Waals surface area (Å²) in [6.45, 7) is 4.32. The quantitative estimate of drug-likeness (QED) is 0.0195. The van der Waals surface area contributed by atoms with Crippen LogP contribution in [0.4, 0.5) is 0 Å². The van der Waals surface area contributed by atoms with E-state index in [0.717, 1.165) is 64.2 Å². The number of aliphatic hydroxyl groups excluding tert-OH is 5. The smallest absolute Gasteiger partial charge is 0.305 e. The molecule has 0 aromatic heterocycles. The van der Waals surface area contributed by atoms with Crippen molar-refractivity contribution in [1.29, 1.82) is 0 Å². The third-order valence-electron chi connectivity index (χ3n) is 17.4. The molecule has 11 heteroatoms. The van der Waals surface area contributed by atoms with E-state index in [1.165, 1.54) is 263 Å². The highest BCUT2D eigenvalue weighted by Gasteiger charge is 2.44. The molecule has 504 valence electrons. The maximum Gasteiger partial charge on any atom is 0.305 e. The molecule has 1 saturated heterocycles. The summed E-state index contributed by atoms with van der Waals surface area (Å²) < 4.78 is 16.7. The number of allylic oxidation sites excluding steroid dienone is 7. The summed E-state index contributed by atoms with van der Waals surface area (Å²) in [5, 5.41) is 54.3. The van der Waals surface area contributed by atoms with Crippen molar-refractivity contribution in [1.82, 2.24) is 5.32 Å². The van der Waals surface area contributed by atoms with Gasteiger partial charge in [-0.3, -0.25) is 9.59 Å². The van der Waals surface area contributed by atoms with Gasteiger partial charge in [-0.2, -0.15) is 0 Å². The molecule has 1 aliphatic heterocycles. The molecule has 0 saturated carbocycles. The Hall–Kier alpha value is -2.38. The van der Waals surface area contributed by atoms with Crippen molar-refractivity contribution in [2.45, 2.75) is 397 Å². The first-order chi connectivity index (χ1) is 42.2. The van der Waals surface area contributed by atoms with Crippen molar-refractivity contribution >= 4 is 11.9 Å². The van der Waals surface area contributed by atoms with Crippen molar-refractivity contribution < 1.29 is 49.3 Å². The maximum atomic E-state index is 13.0. The molecule has 0 spiro atoms. The number of amides is 1. The van der Waals surface area contributed by atoms with Gasteiger partial charge in [-0.1, -0.05) is 300 Å². The zero-order valence-corrected chi connectivity index (χ0v) is 56.0. The molecule has 1 fully saturated rings. The van der Waals surface area contributed by atoms with Crippen molar-refractivity contribution in [3.63, 3.8) is 0 Å². The highest BCUT2D eigenvalue weighted by molar-refractivity contribution is 5.76. The second-order valence-corrected chi connectivity index (χ2v) is 25.6. The van der Waals surface area contributed by atoms with Gasteiger partial charge in [-0.05, 0) is 89.9 Å². The summed E-state index contributed by atoms with van der Waals surface area (Å²) in [4.78, 5) is 25.1. The number of hydrogen-bond donors (Lipinski definition) is 6. The Bertz CT molecular complexity index is 1570. The second kappa shape index (κ2) is 64.2. The Labute approximate surface area is 529 Å². The largest absolute Gasteiger partial charge is 0.466 e. The van der Waals surface area contributed by atoms with Crippen molar-refractivity contribution in [2.24, 2.45) is 0 Å². The van der Waals surface area contributed by atoms with Crippen LogP contribution >= 0.6 is 0 Å². The Morgan fingerprint density at radius 3 is 1.20 bits per heavy atom. The van der Waals surface area contributed by atoms with Crippen LogP contribution in [0.5, 0.6) is 0 Å². The number of carbonyl (C=O) groups is 2. The summed E-state index contributed by atoms with van der Waals surface area (Å²) in [7, 11) is 0. The summed E-state index contributed by atoms with van der Waals surface area (Å²) in [6.07, 6.45) is 74.2. The van der Waals surface area contributed by atoms with Crippen molar-refractivity contribution in [3.05, 3.63) is 48.6 Å². The number of hydrogen-bond acceptors (Lipinski definition) is 10. The van der Waals surface area contributed by atoms with Crippen LogP contribution < -0.4 is 5.32 Å². The molecular weight excluding hydrogens is 1070 g/mol. The average Bonchev–Trinajstić information content (AvgIpc) is 3.61. The molecule has 11 nitrogen and oxygen atoms in total. The fraction of sp³-hybridized carbons (Fsp3) is 0.867. The van der Waals surface area contributed by atoms with Gasteiger partial charge in [-0.25, -0.2) is 0 Å². The van der Waals surface area contributed by atoms with Crippen LogP contribution in [0.2, 0.25) is 0 Å². The minimum Gasteiger partial charge on any atom is -0.466 e. The van der Waals surface area contributed by atoms with E-state index in [1.807, 2.05) is 6.08 Å². The highest BCUT2D eigenvalue weighted by atomic mass is 16.7. The Morgan fingerprint density at radius 2 is 0.779 bits per heavy atom. The Kier molecular flexibility index (Phi) is 60.9. The van der Waals surface area contributed by atoms with Gasteiger partial charge in [-0.15, -0.1) is 0 Å². The van der Waals surface area contributed by atoms with Crippen LogP contribution in [-0.2, 0) is 23.8 Å². The van der Waals surface area contributed by atoms with Crippen LogP contribution in [0.25, 0.3) is 0 Å². The number of nitrogens with one attached hydrogen (secondary N) is 1. The molecule has 0 aliphatic carbocycles. The number of aliphatic hydroxyl groups is 5. The Balaban J connectivity index is 1.89. The lowest BCUT2D eigenvalue weighted by Gasteiger charge is -2.40. The van der Waals surface area contributed by atoms with Crippen LogP contribution in [0.15, 0.2) is 48.6 Å². The van der Waals surface area contributed by atoms with Gasteiger partial charge >= 0.3 is 5.97 Å². The average molecular weight is 1210 g/mol. The lowest BCUT2D eigenvalue weighted by Crippen LogP contribution is -2.60. The van der Waals surface area contributed by atoms with E-state index in [0.29, 0.717) is 19.4 Å². The van der Waals surface area contributed by atoms with Gasteiger partial charge in [0, 0.05) is 12.8 Å². The van der Waals surface area contributed by atoms with Gasteiger partial charge < -0.3 is 45.1 Å². The van der Waals surface area contributed by atoms with Crippen LogP contribution in [0.1, 0.15) is 354 Å². The molecule has 1 amide bonds. The highest BCUT2D eigenvalue weighted by Crippen LogP contribution is 2.23. The van der Waals surface area contributed by atoms with Crippen molar-refractivity contribution in [3.8, 4) is 0 Å². The molecule has 1 rings (SSSR count). The molecule has 86 heavy (non-hydrogen) atoms. The zero-order valence-electron chi connectivity index (χ0n) is 56.0. The topological polar surface area (TPSA) is 175 Å². The number of rotatable bonds is 65. The zero-order chi connectivity index (χ0) is 62.3. The molecule has 1 aliphatic rings. The predicted molar refractivity (Wildman–Crippen MR) is 361 cm³/mol. The first-order valence-corrected chi connectivity index (χ1v) is 36.9. The molecule has 0 aromatic rings. The molecule has 0 radical (unpaired) electrons. The third kappa shape index (κ3) is 52.4. The number of unbranched alkanes of at least 4 members (excludes halogenated alkanes) is 45. The molecule has 0 aromatic carbocycles. The van der Waals surface area contributed by atoms with Gasteiger partial charge in [0.2, 0.25) is 5.91 Å². The van der Waals surface area contributed by atoms with Crippen LogP contribution in [0.3, 0.4) is 0 Å². The molecule has 7 unspecified atom stereocenters. The molecule has 1 heterocycles. The monoisotopic (exact) mass is 1210 g/mol. The number of ether oxygens (including phenoxy) is 3. The van der Waals surface area contributed by atoms with E-state index in [9.17, 15) is 35.1 Å². The van der Waals surface area contributed by atoms with E-state index in [1.54, 1.807) is 6.08 Å². The molecule has 7 atom stereocenters. The first-order valence-electron chi connectivity index (χ1n) is 36.9. The molecule has 6 N–H and O–H groups in total. The predicted octanol–water partition coefficient (Wildman–Crippen LogP) is 19.1. The minimum atomic E-state index is -1.57. The fourth-order valence-electron chi connectivity index (χ4n) is 11.6. The SMILES string of the molecule is CCCCCC/C=C\C/C=C\CCCCCCCC(=O)OCCCCCCCCCCCCCC/C=C\CCCCCCCCCCCCCCCCCCCC(=O)NC(COC1OC(CO)C(O)C(O)C1O)C(O)/C=C/CCCCCCCCC. The van der Waals surface area contributed by atoms with Gasteiger partial charge in [0.1, 0.15) is 24.4 Å². The number of esters is 1. The van der Waals surface area contributed by atoms with Crippen LogP contribution in [0, 0.1) is 0 Å². The van der Waals surface area contributed by atoms with Crippen LogP contribution in [-0.4, -0.2) is 100 Å². The third-order valence-corrected chi connectivity index (χ3v) is 17.4. The van der Waals surface area contributed by atoms with Crippen molar-refractivity contribution in [2.75, 3.05) is 19.8 Å². The van der Waals surface area contributed by atoms with Gasteiger partial charge in [0.05, 0.1) is 32.0 Å². The van der Waals surface area contributed by atoms with E-state index in [4.69, 9.17) is 14.2 Å². The minimum absolute atomic E-state index is 0.00202. The fourth-order valence-corrected chi connectivity index (χ4v) is 11.6. The lowest BCUT2D eigenvalue weighted by molar-refractivity contribution is -0.302. The van der Waals surface area contributed by atoms with E-state index in [-0.39, 0.29) is 18.5 Å². The first kappa shape index (κ1) is 81.6. The number of carbonyl (C=O) groups excluding carboxylic acids is 2. The normalized spacial score (nSPS) is 18.2. The maximum absolute atomic E-state index is 13.0. The molecule has 0 bridgehead atoms.